The van der Waals surface area contributed by atoms with Gasteiger partial charge in [-0.1, -0.05) is 23.7 Å². The molecule has 0 unspecified atom stereocenters. The highest BCUT2D eigenvalue weighted by Gasteiger charge is 2.01. The van der Waals surface area contributed by atoms with E-state index in [2.05, 4.69) is 0 Å². The third-order valence-corrected chi connectivity index (χ3v) is 1.34. The second-order valence-corrected chi connectivity index (χ2v) is 2.42. The number of rotatable bonds is 1. The molecule has 11 heavy (non-hydrogen) atoms. The normalized spacial score (nSPS) is 9.55. The molecule has 0 aromatic heterocycles. The van der Waals surface area contributed by atoms with Gasteiger partial charge < -0.3 is 10.2 Å². The lowest BCUT2D eigenvalue weighted by Crippen LogP contribution is -1.98. The van der Waals surface area contributed by atoms with Crippen LogP contribution in [-0.2, 0) is 0 Å². The molecular weight excluding hydrogens is 168 g/mol. The second kappa shape index (κ2) is 2.80. The van der Waals surface area contributed by atoms with Crippen molar-refractivity contribution in [3.63, 3.8) is 0 Å². The van der Waals surface area contributed by atoms with Crippen LogP contribution in [0.4, 0.5) is 0 Å². The predicted molar refractivity (Wildman–Crippen MR) is 37.9 cm³/mol. The minimum Gasteiger partial charge on any atom is -0.872 e. The number of hydrogen-bond donors (Lipinski definition) is 1. The number of carboxylic acids is 1. The molecule has 0 saturated heterocycles. The zero-order valence-corrected chi connectivity index (χ0v) is 6.13. The van der Waals surface area contributed by atoms with E-state index in [1.165, 1.54) is 6.07 Å². The van der Waals surface area contributed by atoms with E-state index >= 15 is 0 Å². The van der Waals surface area contributed by atoms with Crippen molar-refractivity contribution in [2.75, 3.05) is 0 Å². The van der Waals surface area contributed by atoms with Crippen molar-refractivity contribution in [1.82, 2.24) is 0 Å². The molecule has 0 radical (unpaired) electrons. The highest BCUT2D eigenvalue weighted by molar-refractivity contribution is 6.31. The molecule has 0 aliphatic heterocycles. The number of benzene rings is 1. The Morgan fingerprint density at radius 2 is 2.09 bits per heavy atom. The lowest BCUT2D eigenvalue weighted by Gasteiger charge is -2.05. The van der Waals surface area contributed by atoms with E-state index in [4.69, 9.17) is 16.7 Å². The Labute approximate surface area is 67.8 Å². The number of hydrogen-bond acceptors (Lipinski definition) is 2. The Bertz CT molecular complexity index is 275. The molecule has 0 aliphatic carbocycles. The molecule has 3 nitrogen and oxygen atoms in total. The van der Waals surface area contributed by atoms with E-state index in [0.29, 0.717) is 0 Å². The fourth-order valence-electron chi connectivity index (χ4n) is 0.686. The van der Waals surface area contributed by atoms with Gasteiger partial charge in [0, 0.05) is 5.02 Å². The lowest BCUT2D eigenvalue weighted by molar-refractivity contribution is -0.268. The van der Waals surface area contributed by atoms with Gasteiger partial charge in [0.15, 0.2) is 0 Å². The summed E-state index contributed by atoms with van der Waals surface area (Å²) in [6, 6.07) is 3.41. The monoisotopic (exact) mass is 171 g/mol. The summed E-state index contributed by atoms with van der Waals surface area (Å²) in [5.74, 6) is -1.54. The van der Waals surface area contributed by atoms with Crippen LogP contribution in [0.5, 0.6) is 5.75 Å². The van der Waals surface area contributed by atoms with Gasteiger partial charge in [0.1, 0.15) is 0 Å². The van der Waals surface area contributed by atoms with Gasteiger partial charge in [0.25, 0.3) is 0 Å². The summed E-state index contributed by atoms with van der Waals surface area (Å²) >= 11 is 5.43. The molecule has 1 aromatic carbocycles. The van der Waals surface area contributed by atoms with Crippen LogP contribution in [0.2, 0.25) is 5.02 Å². The Morgan fingerprint density at radius 3 is 2.55 bits per heavy atom. The Balaban J connectivity index is 3.19. The smallest absolute Gasteiger partial charge is 0.335 e. The molecule has 0 aliphatic rings. The van der Waals surface area contributed by atoms with Crippen molar-refractivity contribution in [2.24, 2.45) is 0 Å². The summed E-state index contributed by atoms with van der Waals surface area (Å²) in [4.78, 5) is 10.3. The zero-order valence-electron chi connectivity index (χ0n) is 5.37. The molecule has 1 rings (SSSR count). The van der Waals surface area contributed by atoms with Gasteiger partial charge in [0.05, 0.1) is 5.56 Å². The van der Waals surface area contributed by atoms with Crippen LogP contribution in [-0.4, -0.2) is 11.1 Å². The number of halogens is 1. The minimum absolute atomic E-state index is 0.0810. The maximum Gasteiger partial charge on any atom is 0.335 e. The summed E-state index contributed by atoms with van der Waals surface area (Å²) in [7, 11) is 0. The molecule has 0 bridgehead atoms. The number of carbonyl (C=O) groups is 1. The molecule has 0 heterocycles. The van der Waals surface area contributed by atoms with Gasteiger partial charge in [-0.25, -0.2) is 4.79 Å². The second-order valence-electron chi connectivity index (χ2n) is 1.98. The van der Waals surface area contributed by atoms with Crippen molar-refractivity contribution in [3.05, 3.63) is 28.8 Å². The Kier molecular flexibility index (Phi) is 2.01. The molecule has 0 amide bonds. The van der Waals surface area contributed by atoms with Crippen LogP contribution < -0.4 is 5.11 Å². The van der Waals surface area contributed by atoms with Gasteiger partial charge in [-0.3, -0.25) is 0 Å². The third kappa shape index (κ3) is 1.85. The molecule has 1 N–H and O–H groups in total. The third-order valence-electron chi connectivity index (χ3n) is 1.12. The standard InChI is InChI=1S/C7H5ClO3/c8-5-1-4(7(10)11)2-6(9)3-5/h1-3,9H,(H,10,11)/p-1. The average molecular weight is 172 g/mol. The molecule has 0 spiro atoms. The molecule has 0 saturated carbocycles. The topological polar surface area (TPSA) is 60.4 Å². The van der Waals surface area contributed by atoms with E-state index in [-0.39, 0.29) is 10.6 Å². The minimum atomic E-state index is -1.15. The van der Waals surface area contributed by atoms with Gasteiger partial charge in [-0.05, 0) is 6.07 Å². The molecular formula is C7H4ClO3-. The first-order valence-corrected chi connectivity index (χ1v) is 3.18. The highest BCUT2D eigenvalue weighted by atomic mass is 35.5. The maximum atomic E-state index is 10.7. The summed E-state index contributed by atoms with van der Waals surface area (Å²) in [5, 5.41) is 19.3. The van der Waals surface area contributed by atoms with Gasteiger partial charge in [-0.2, -0.15) is 0 Å². The van der Waals surface area contributed by atoms with E-state index in [0.717, 1.165) is 12.1 Å². The largest absolute Gasteiger partial charge is 0.872 e. The van der Waals surface area contributed by atoms with Gasteiger partial charge in [0.2, 0.25) is 0 Å². The van der Waals surface area contributed by atoms with Crippen LogP contribution in [0.3, 0.4) is 0 Å². The quantitative estimate of drug-likeness (QED) is 0.689. The van der Waals surface area contributed by atoms with Crippen molar-refractivity contribution in [1.29, 1.82) is 0 Å². The number of aromatic carboxylic acids is 1. The molecule has 0 atom stereocenters. The Hall–Kier alpha value is -1.22. The van der Waals surface area contributed by atoms with Crippen molar-refractivity contribution < 1.29 is 15.0 Å². The average Bonchev–Trinajstić information content (AvgIpc) is 1.85. The fourth-order valence-corrected chi connectivity index (χ4v) is 0.911. The zero-order chi connectivity index (χ0) is 8.43. The first kappa shape index (κ1) is 7.88. The lowest BCUT2D eigenvalue weighted by atomic mass is 10.2. The summed E-state index contributed by atoms with van der Waals surface area (Å²) in [5.41, 5.74) is -0.0810. The van der Waals surface area contributed by atoms with Crippen LogP contribution in [0, 0.1) is 0 Å². The van der Waals surface area contributed by atoms with Gasteiger partial charge >= 0.3 is 5.97 Å². The van der Waals surface area contributed by atoms with E-state index in [9.17, 15) is 9.90 Å². The SMILES string of the molecule is O=C(O)c1cc([O-])cc(Cl)c1. The van der Waals surface area contributed by atoms with Crippen LogP contribution in [0.15, 0.2) is 18.2 Å². The predicted octanol–water partition coefficient (Wildman–Crippen LogP) is 1.11. The van der Waals surface area contributed by atoms with Crippen molar-refractivity contribution in [3.8, 4) is 5.75 Å². The molecule has 1 aromatic rings. The van der Waals surface area contributed by atoms with E-state index in [1.807, 2.05) is 0 Å². The first-order valence-electron chi connectivity index (χ1n) is 2.80. The summed E-state index contributed by atoms with van der Waals surface area (Å²) in [6.45, 7) is 0. The van der Waals surface area contributed by atoms with Crippen LogP contribution in [0.1, 0.15) is 10.4 Å². The van der Waals surface area contributed by atoms with E-state index in [1.54, 1.807) is 0 Å². The van der Waals surface area contributed by atoms with Crippen molar-refractivity contribution >= 4 is 17.6 Å². The maximum absolute atomic E-state index is 10.7. The van der Waals surface area contributed by atoms with Crippen molar-refractivity contribution in [2.45, 2.75) is 0 Å². The first-order chi connectivity index (χ1) is 5.09. The fraction of sp³-hybridized carbons (Fsp3) is 0. The van der Waals surface area contributed by atoms with E-state index < -0.39 is 11.7 Å². The number of carboxylic acid groups (broad SMARTS) is 1. The van der Waals surface area contributed by atoms with Crippen LogP contribution >= 0.6 is 11.6 Å². The summed E-state index contributed by atoms with van der Waals surface area (Å²) in [6.07, 6.45) is 0. The molecule has 0 fully saturated rings. The molecule has 4 heteroatoms. The Morgan fingerprint density at radius 1 is 1.45 bits per heavy atom. The summed E-state index contributed by atoms with van der Waals surface area (Å²) < 4.78 is 0. The molecule has 58 valence electrons. The van der Waals surface area contributed by atoms with Crippen LogP contribution in [0.25, 0.3) is 0 Å². The highest BCUT2D eigenvalue weighted by Crippen LogP contribution is 2.17. The van der Waals surface area contributed by atoms with Gasteiger partial charge in [-0.15, -0.1) is 5.75 Å².